The largest absolute Gasteiger partial charge is 0.492 e. The third-order valence-corrected chi connectivity index (χ3v) is 5.38. The zero-order valence-electron chi connectivity index (χ0n) is 12.8. The summed E-state index contributed by atoms with van der Waals surface area (Å²) in [6, 6.07) is 0. The van der Waals surface area contributed by atoms with Crippen molar-refractivity contribution in [2.24, 2.45) is 5.41 Å². The van der Waals surface area contributed by atoms with Crippen molar-refractivity contribution in [3.63, 3.8) is 0 Å². The van der Waals surface area contributed by atoms with Crippen molar-refractivity contribution in [1.82, 2.24) is 0 Å². The van der Waals surface area contributed by atoms with Crippen molar-refractivity contribution in [2.45, 2.75) is 40.0 Å². The molecule has 0 atom stereocenters. The monoisotopic (exact) mass is 296 g/mol. The number of nitrogens with zero attached hydrogens (tertiary/aromatic N) is 1. The minimum Gasteiger partial charge on any atom is -0.492 e. The lowest BCUT2D eigenvalue weighted by atomic mass is 9.85. The van der Waals surface area contributed by atoms with Crippen LogP contribution in [0.15, 0.2) is 0 Å². The molecule has 0 unspecified atom stereocenters. The quantitative estimate of drug-likeness (QED) is 0.867. The smallest absolute Gasteiger partial charge is 0.177 e. The molecule has 0 aromatic carbocycles. The molecule has 112 valence electrons. The molecule has 0 saturated carbocycles. The van der Waals surface area contributed by atoms with Gasteiger partial charge in [0.15, 0.2) is 11.5 Å². The fourth-order valence-corrected chi connectivity index (χ4v) is 3.85. The molecule has 0 aliphatic carbocycles. The van der Waals surface area contributed by atoms with Gasteiger partial charge >= 0.3 is 0 Å². The second-order valence-corrected chi connectivity index (χ2v) is 7.24. The van der Waals surface area contributed by atoms with E-state index >= 15 is 0 Å². The summed E-state index contributed by atoms with van der Waals surface area (Å²) >= 11 is 1.46. The van der Waals surface area contributed by atoms with Crippen LogP contribution in [0.3, 0.4) is 0 Å². The van der Waals surface area contributed by atoms with Crippen molar-refractivity contribution in [3.8, 4) is 5.75 Å². The van der Waals surface area contributed by atoms with Crippen LogP contribution >= 0.6 is 11.3 Å². The maximum atomic E-state index is 11.7. The summed E-state index contributed by atoms with van der Waals surface area (Å²) in [5, 5.41) is 1.01. The number of Topliss-reactive ketones (excluding diaryl/α,β-unsaturated/α-hetero) is 1. The molecule has 2 rings (SSSR count). The van der Waals surface area contributed by atoms with Crippen LogP contribution in [-0.4, -0.2) is 26.0 Å². The summed E-state index contributed by atoms with van der Waals surface area (Å²) in [6.45, 7) is 8.17. The summed E-state index contributed by atoms with van der Waals surface area (Å²) in [5.41, 5.74) is 6.93. The van der Waals surface area contributed by atoms with Gasteiger partial charge in [0.2, 0.25) is 0 Å². The maximum Gasteiger partial charge on any atom is 0.177 e. The highest BCUT2D eigenvalue weighted by Gasteiger charge is 2.28. The molecule has 1 fully saturated rings. The number of carbonyl (C=O) groups excluding carboxylic acids is 1. The van der Waals surface area contributed by atoms with E-state index < -0.39 is 0 Å². The lowest BCUT2D eigenvalue weighted by Gasteiger charge is -2.24. The third-order valence-electron chi connectivity index (χ3n) is 4.03. The van der Waals surface area contributed by atoms with Gasteiger partial charge in [0.1, 0.15) is 5.00 Å². The molecule has 2 N–H and O–H groups in total. The highest BCUT2D eigenvalue weighted by atomic mass is 32.1. The van der Waals surface area contributed by atoms with E-state index in [-0.39, 0.29) is 5.78 Å². The fraction of sp³-hybridized carbons (Fsp3) is 0.667. The molecule has 5 heteroatoms. The van der Waals surface area contributed by atoms with Gasteiger partial charge in [-0.3, -0.25) is 4.79 Å². The van der Waals surface area contributed by atoms with Crippen molar-refractivity contribution in [1.29, 1.82) is 0 Å². The molecule has 0 bridgehead atoms. The molecule has 0 spiro atoms. The highest BCUT2D eigenvalue weighted by molar-refractivity contribution is 7.19. The van der Waals surface area contributed by atoms with Gasteiger partial charge in [-0.05, 0) is 24.7 Å². The molecule has 1 aromatic heterocycles. The number of carbonyl (C=O) groups is 1. The molecule has 20 heavy (non-hydrogen) atoms. The molecule has 0 amide bonds. The van der Waals surface area contributed by atoms with E-state index in [0.29, 0.717) is 21.7 Å². The Morgan fingerprint density at radius 3 is 2.65 bits per heavy atom. The van der Waals surface area contributed by atoms with E-state index in [1.807, 2.05) is 0 Å². The zero-order chi connectivity index (χ0) is 14.9. The molecule has 1 aromatic rings. The molecule has 1 aliphatic rings. The van der Waals surface area contributed by atoms with Crippen molar-refractivity contribution in [2.75, 3.05) is 30.8 Å². The standard InChI is InChI=1S/C15H24N2O2S/c1-10(18)13-11(16)12(19-4)14(20-13)17-8-5-6-15(2,3)7-9-17/h5-9,16H2,1-4H3. The number of nitrogen functional groups attached to an aromatic ring is 1. The predicted molar refractivity (Wildman–Crippen MR) is 85.1 cm³/mol. The number of ether oxygens (including phenoxy) is 1. The van der Waals surface area contributed by atoms with Gasteiger partial charge < -0.3 is 15.4 Å². The number of hydrogen-bond acceptors (Lipinski definition) is 5. The molecule has 1 saturated heterocycles. The Bertz CT molecular complexity index is 508. The van der Waals surface area contributed by atoms with Gasteiger partial charge in [0.25, 0.3) is 0 Å². The first-order chi connectivity index (χ1) is 9.35. The lowest BCUT2D eigenvalue weighted by Crippen LogP contribution is -2.24. The first-order valence-corrected chi connectivity index (χ1v) is 7.89. The first-order valence-electron chi connectivity index (χ1n) is 7.08. The molecule has 1 aliphatic heterocycles. The van der Waals surface area contributed by atoms with Crippen LogP contribution in [0.2, 0.25) is 0 Å². The summed E-state index contributed by atoms with van der Waals surface area (Å²) in [6.07, 6.45) is 3.53. The Labute approximate surface area is 124 Å². The number of rotatable bonds is 3. The van der Waals surface area contributed by atoms with E-state index in [0.717, 1.165) is 30.9 Å². The van der Waals surface area contributed by atoms with Gasteiger partial charge in [-0.2, -0.15) is 0 Å². The number of thiophene rings is 1. The third kappa shape index (κ3) is 2.92. The minimum absolute atomic E-state index is 0.00667. The summed E-state index contributed by atoms with van der Waals surface area (Å²) in [4.78, 5) is 14.6. The average molecular weight is 296 g/mol. The summed E-state index contributed by atoms with van der Waals surface area (Å²) < 4.78 is 5.44. The number of nitrogens with two attached hydrogens (primary N) is 1. The normalized spacial score (nSPS) is 18.7. The lowest BCUT2D eigenvalue weighted by molar-refractivity contribution is 0.102. The Morgan fingerprint density at radius 1 is 1.35 bits per heavy atom. The summed E-state index contributed by atoms with van der Waals surface area (Å²) in [5.74, 6) is 0.673. The van der Waals surface area contributed by atoms with Crippen LogP contribution in [0, 0.1) is 5.41 Å². The molecule has 0 radical (unpaired) electrons. The highest BCUT2D eigenvalue weighted by Crippen LogP contribution is 2.46. The fourth-order valence-electron chi connectivity index (χ4n) is 2.71. The Morgan fingerprint density at radius 2 is 2.05 bits per heavy atom. The van der Waals surface area contributed by atoms with Crippen LogP contribution in [0.1, 0.15) is 49.7 Å². The van der Waals surface area contributed by atoms with Crippen molar-refractivity contribution < 1.29 is 9.53 Å². The number of methoxy groups -OCH3 is 1. The van der Waals surface area contributed by atoms with Crippen molar-refractivity contribution in [3.05, 3.63) is 4.88 Å². The average Bonchev–Trinajstić information content (AvgIpc) is 2.59. The van der Waals surface area contributed by atoms with Gasteiger partial charge in [-0.25, -0.2) is 0 Å². The zero-order valence-corrected chi connectivity index (χ0v) is 13.6. The van der Waals surface area contributed by atoms with Crippen LogP contribution in [0.4, 0.5) is 10.7 Å². The second-order valence-electron chi connectivity index (χ2n) is 6.24. The number of ketones is 1. The van der Waals surface area contributed by atoms with E-state index in [2.05, 4.69) is 18.7 Å². The SMILES string of the molecule is COc1c(N2CCCC(C)(C)CC2)sc(C(C)=O)c1N. The van der Waals surface area contributed by atoms with Gasteiger partial charge in [0.05, 0.1) is 17.7 Å². The van der Waals surface area contributed by atoms with Crippen LogP contribution in [-0.2, 0) is 0 Å². The van der Waals surface area contributed by atoms with Gasteiger partial charge in [-0.15, -0.1) is 11.3 Å². The Hall–Kier alpha value is -1.23. The number of anilines is 2. The van der Waals surface area contributed by atoms with Crippen LogP contribution in [0.5, 0.6) is 5.75 Å². The van der Waals surface area contributed by atoms with E-state index in [9.17, 15) is 4.79 Å². The molecule has 2 heterocycles. The topological polar surface area (TPSA) is 55.6 Å². The minimum atomic E-state index is 0.00667. The Balaban J connectivity index is 2.32. The van der Waals surface area contributed by atoms with Gasteiger partial charge in [0, 0.05) is 20.0 Å². The number of hydrogen-bond donors (Lipinski definition) is 1. The van der Waals surface area contributed by atoms with Crippen LogP contribution in [0.25, 0.3) is 0 Å². The van der Waals surface area contributed by atoms with Gasteiger partial charge in [-0.1, -0.05) is 13.8 Å². The predicted octanol–water partition coefficient (Wildman–Crippen LogP) is 3.56. The molecular formula is C15H24N2O2S. The first kappa shape index (κ1) is 15.2. The Kier molecular flexibility index (Phi) is 4.28. The molecular weight excluding hydrogens is 272 g/mol. The van der Waals surface area contributed by atoms with E-state index in [1.165, 1.54) is 17.8 Å². The van der Waals surface area contributed by atoms with E-state index in [1.54, 1.807) is 14.0 Å². The van der Waals surface area contributed by atoms with Crippen molar-refractivity contribution >= 4 is 27.8 Å². The van der Waals surface area contributed by atoms with Crippen LogP contribution < -0.4 is 15.4 Å². The molecule has 4 nitrogen and oxygen atoms in total. The maximum absolute atomic E-state index is 11.7. The summed E-state index contributed by atoms with van der Waals surface area (Å²) in [7, 11) is 1.62. The van der Waals surface area contributed by atoms with E-state index in [4.69, 9.17) is 10.5 Å². The second kappa shape index (κ2) is 5.64.